The van der Waals surface area contributed by atoms with Crippen LogP contribution in [0.25, 0.3) is 11.3 Å². The van der Waals surface area contributed by atoms with E-state index in [4.69, 9.17) is 5.73 Å². The average Bonchev–Trinajstić information content (AvgIpc) is 2.60. The van der Waals surface area contributed by atoms with Crippen LogP contribution in [0.15, 0.2) is 42.6 Å². The number of hydrogen-bond acceptors (Lipinski definition) is 3. The number of hydrogen-bond donors (Lipinski definition) is 2. The summed E-state index contributed by atoms with van der Waals surface area (Å²) in [7, 11) is 0. The predicted molar refractivity (Wildman–Crippen MR) is 102 cm³/mol. The van der Waals surface area contributed by atoms with E-state index >= 15 is 0 Å². The molecule has 4 aliphatic carbocycles. The van der Waals surface area contributed by atoms with E-state index in [0.29, 0.717) is 5.69 Å². The Morgan fingerprint density at radius 3 is 2.19 bits per heavy atom. The van der Waals surface area contributed by atoms with E-state index in [1.807, 2.05) is 30.3 Å². The van der Waals surface area contributed by atoms with Gasteiger partial charge < -0.3 is 11.1 Å². The molecule has 134 valence electrons. The maximum Gasteiger partial charge on any atom is 0.251 e. The maximum absolute atomic E-state index is 12.9. The van der Waals surface area contributed by atoms with E-state index in [9.17, 15) is 4.79 Å². The lowest BCUT2D eigenvalue weighted by atomic mass is 9.53. The van der Waals surface area contributed by atoms with Gasteiger partial charge in [-0.25, -0.2) is 0 Å². The number of benzene rings is 1. The minimum Gasteiger partial charge on any atom is -0.399 e. The van der Waals surface area contributed by atoms with E-state index < -0.39 is 0 Å². The molecule has 1 heterocycles. The Morgan fingerprint density at radius 2 is 1.62 bits per heavy atom. The van der Waals surface area contributed by atoms with Crippen LogP contribution in [0.3, 0.4) is 0 Å². The summed E-state index contributed by atoms with van der Waals surface area (Å²) in [5.74, 6) is 2.56. The van der Waals surface area contributed by atoms with E-state index in [1.165, 1.54) is 38.5 Å². The molecule has 4 fully saturated rings. The first-order chi connectivity index (χ1) is 12.6. The van der Waals surface area contributed by atoms with E-state index in [1.54, 1.807) is 12.3 Å². The van der Waals surface area contributed by atoms with Crippen molar-refractivity contribution in [3.8, 4) is 11.3 Å². The fraction of sp³-hybridized carbons (Fsp3) is 0.455. The fourth-order valence-electron chi connectivity index (χ4n) is 5.97. The quantitative estimate of drug-likeness (QED) is 0.881. The second-order valence-corrected chi connectivity index (χ2v) is 8.70. The smallest absolute Gasteiger partial charge is 0.251 e. The van der Waals surface area contributed by atoms with Crippen molar-refractivity contribution in [2.24, 2.45) is 17.8 Å². The minimum atomic E-state index is 0.0555. The number of nitrogens with one attached hydrogen (secondary N) is 1. The third kappa shape index (κ3) is 2.77. The van der Waals surface area contributed by atoms with Gasteiger partial charge in [-0.15, -0.1) is 0 Å². The average molecular weight is 347 g/mol. The molecular formula is C22H25N3O. The Morgan fingerprint density at radius 1 is 1.00 bits per heavy atom. The normalized spacial score (nSPS) is 31.8. The highest BCUT2D eigenvalue weighted by Crippen LogP contribution is 2.55. The standard InChI is InChI=1S/C22H25N3O/c23-19-5-6-24-20(10-19)17-1-3-18(4-2-17)21(26)25-22-11-14-7-15(12-22)9-16(8-14)13-22/h1-6,10,14-16H,7-9,11-13H2,(H2,23,24)(H,25,26). The van der Waals surface area contributed by atoms with Crippen LogP contribution in [-0.2, 0) is 0 Å². The van der Waals surface area contributed by atoms with Crippen LogP contribution in [0, 0.1) is 17.8 Å². The molecule has 4 heteroatoms. The summed E-state index contributed by atoms with van der Waals surface area (Å²) in [6.45, 7) is 0. The number of carbonyl (C=O) groups is 1. The zero-order valence-electron chi connectivity index (χ0n) is 14.9. The van der Waals surface area contributed by atoms with Crippen LogP contribution < -0.4 is 11.1 Å². The molecule has 0 radical (unpaired) electrons. The van der Waals surface area contributed by atoms with Crippen molar-refractivity contribution in [2.45, 2.75) is 44.1 Å². The van der Waals surface area contributed by atoms with Crippen molar-refractivity contribution in [1.29, 1.82) is 0 Å². The molecule has 4 aliphatic rings. The summed E-state index contributed by atoms with van der Waals surface area (Å²) < 4.78 is 0. The van der Waals surface area contributed by atoms with Gasteiger partial charge in [-0.1, -0.05) is 12.1 Å². The number of nitrogens with zero attached hydrogens (tertiary/aromatic N) is 1. The first-order valence-corrected chi connectivity index (χ1v) is 9.73. The van der Waals surface area contributed by atoms with Crippen molar-refractivity contribution in [3.05, 3.63) is 48.2 Å². The Hall–Kier alpha value is -2.36. The molecule has 0 aliphatic heterocycles. The minimum absolute atomic E-state index is 0.0555. The second kappa shape index (κ2) is 5.83. The molecule has 2 aromatic rings. The van der Waals surface area contributed by atoms with Gasteiger partial charge in [-0.05, 0) is 80.5 Å². The predicted octanol–water partition coefficient (Wildman–Crippen LogP) is 4.03. The largest absolute Gasteiger partial charge is 0.399 e. The molecular weight excluding hydrogens is 322 g/mol. The molecule has 0 unspecified atom stereocenters. The number of amides is 1. The van der Waals surface area contributed by atoms with Gasteiger partial charge in [0.15, 0.2) is 0 Å². The van der Waals surface area contributed by atoms with Crippen molar-refractivity contribution in [2.75, 3.05) is 5.73 Å². The van der Waals surface area contributed by atoms with Crippen LogP contribution in [0.1, 0.15) is 48.9 Å². The molecule has 6 rings (SSSR count). The molecule has 4 saturated carbocycles. The monoisotopic (exact) mass is 347 g/mol. The number of nitrogen functional groups attached to an aromatic ring is 1. The third-order valence-corrected chi connectivity index (χ3v) is 6.64. The van der Waals surface area contributed by atoms with Crippen LogP contribution >= 0.6 is 0 Å². The van der Waals surface area contributed by atoms with Gasteiger partial charge in [0.2, 0.25) is 0 Å². The Kier molecular flexibility index (Phi) is 3.56. The molecule has 4 nitrogen and oxygen atoms in total. The lowest BCUT2D eigenvalue weighted by Crippen LogP contribution is -2.59. The lowest BCUT2D eigenvalue weighted by Gasteiger charge is -2.56. The number of rotatable bonds is 3. The Labute approximate surface area is 154 Å². The van der Waals surface area contributed by atoms with Crippen molar-refractivity contribution in [3.63, 3.8) is 0 Å². The van der Waals surface area contributed by atoms with Gasteiger partial charge in [0.25, 0.3) is 5.91 Å². The summed E-state index contributed by atoms with van der Waals surface area (Å²) in [4.78, 5) is 17.2. The first kappa shape index (κ1) is 15.9. The lowest BCUT2D eigenvalue weighted by molar-refractivity contribution is -0.0167. The van der Waals surface area contributed by atoms with E-state index in [-0.39, 0.29) is 11.4 Å². The SMILES string of the molecule is Nc1ccnc(-c2ccc(C(=O)NC34CC5CC(CC(C5)C3)C4)cc2)c1. The zero-order valence-corrected chi connectivity index (χ0v) is 14.9. The molecule has 1 aromatic heterocycles. The highest BCUT2D eigenvalue weighted by Gasteiger charge is 2.51. The van der Waals surface area contributed by atoms with Gasteiger partial charge >= 0.3 is 0 Å². The van der Waals surface area contributed by atoms with Gasteiger partial charge in [0.05, 0.1) is 5.69 Å². The van der Waals surface area contributed by atoms with Gasteiger partial charge in [-0.2, -0.15) is 0 Å². The molecule has 0 saturated heterocycles. The number of aromatic nitrogens is 1. The summed E-state index contributed by atoms with van der Waals surface area (Å²) >= 11 is 0. The van der Waals surface area contributed by atoms with Crippen molar-refractivity contribution >= 4 is 11.6 Å². The highest BCUT2D eigenvalue weighted by molar-refractivity contribution is 5.95. The molecule has 0 spiro atoms. The summed E-state index contributed by atoms with van der Waals surface area (Å²) in [6.07, 6.45) is 9.39. The summed E-state index contributed by atoms with van der Waals surface area (Å²) in [5, 5.41) is 3.43. The third-order valence-electron chi connectivity index (χ3n) is 6.64. The number of carbonyl (C=O) groups excluding carboxylic acids is 1. The number of nitrogens with two attached hydrogens (primary N) is 1. The van der Waals surface area contributed by atoms with Gasteiger partial charge in [-0.3, -0.25) is 9.78 Å². The number of pyridine rings is 1. The second-order valence-electron chi connectivity index (χ2n) is 8.70. The molecule has 4 bridgehead atoms. The highest BCUT2D eigenvalue weighted by atomic mass is 16.1. The molecule has 1 aromatic carbocycles. The Bertz CT molecular complexity index is 807. The number of anilines is 1. The maximum atomic E-state index is 12.9. The van der Waals surface area contributed by atoms with Gasteiger partial charge in [0, 0.05) is 28.6 Å². The fourth-order valence-corrected chi connectivity index (χ4v) is 5.97. The molecule has 1 amide bonds. The topological polar surface area (TPSA) is 68.0 Å². The first-order valence-electron chi connectivity index (χ1n) is 9.73. The van der Waals surface area contributed by atoms with Crippen LogP contribution in [0.5, 0.6) is 0 Å². The Balaban J connectivity index is 1.33. The van der Waals surface area contributed by atoms with Crippen molar-refractivity contribution < 1.29 is 4.79 Å². The van der Waals surface area contributed by atoms with Gasteiger partial charge in [0.1, 0.15) is 0 Å². The zero-order chi connectivity index (χ0) is 17.7. The molecule has 26 heavy (non-hydrogen) atoms. The summed E-state index contributed by atoms with van der Waals surface area (Å²) in [6, 6.07) is 11.3. The van der Waals surface area contributed by atoms with E-state index in [2.05, 4.69) is 10.3 Å². The van der Waals surface area contributed by atoms with E-state index in [0.717, 1.165) is 34.6 Å². The molecule has 3 N–H and O–H groups in total. The van der Waals surface area contributed by atoms with Crippen LogP contribution in [-0.4, -0.2) is 16.4 Å². The van der Waals surface area contributed by atoms with Crippen molar-refractivity contribution in [1.82, 2.24) is 10.3 Å². The van der Waals surface area contributed by atoms with Crippen LogP contribution in [0.4, 0.5) is 5.69 Å². The summed E-state index contributed by atoms with van der Waals surface area (Å²) in [5.41, 5.74) is 9.12. The van der Waals surface area contributed by atoms with Crippen LogP contribution in [0.2, 0.25) is 0 Å². The molecule has 0 atom stereocenters.